The molecule has 3 aromatic rings. The largest absolute Gasteiger partial charge is 0.399 e. The van der Waals surface area contributed by atoms with E-state index in [1.54, 1.807) is 25.2 Å². The lowest BCUT2D eigenvalue weighted by Gasteiger charge is -2.03. The van der Waals surface area contributed by atoms with Crippen LogP contribution in [-0.4, -0.2) is 15.0 Å². The van der Waals surface area contributed by atoms with Gasteiger partial charge in [0, 0.05) is 12.7 Å². The van der Waals surface area contributed by atoms with Gasteiger partial charge in [-0.05, 0) is 23.8 Å². The average molecular weight is 281 g/mol. The highest BCUT2D eigenvalue weighted by molar-refractivity contribution is 5.92. The molecule has 0 aliphatic carbocycles. The summed E-state index contributed by atoms with van der Waals surface area (Å²) in [7, 11) is 1.65. The maximum Gasteiger partial charge on any atom is 0.335 e. The van der Waals surface area contributed by atoms with E-state index in [-0.39, 0.29) is 18.0 Å². The SMILES string of the molecule is Cn1c(=O)n(C(=O)Cc2ccccc2)c2cc(N)ccc21. The minimum absolute atomic E-state index is 0.175. The van der Waals surface area contributed by atoms with Gasteiger partial charge >= 0.3 is 5.69 Å². The van der Waals surface area contributed by atoms with Crippen molar-refractivity contribution in [3.8, 4) is 0 Å². The van der Waals surface area contributed by atoms with Crippen molar-refractivity contribution in [1.29, 1.82) is 0 Å². The predicted octanol–water partition coefficient (Wildman–Crippen LogP) is 1.81. The summed E-state index contributed by atoms with van der Waals surface area (Å²) in [5, 5.41) is 0. The maximum atomic E-state index is 12.5. The van der Waals surface area contributed by atoms with Gasteiger partial charge in [0.25, 0.3) is 0 Å². The fourth-order valence-electron chi connectivity index (χ4n) is 2.45. The molecule has 0 saturated carbocycles. The molecule has 0 amide bonds. The van der Waals surface area contributed by atoms with Crippen molar-refractivity contribution < 1.29 is 4.79 Å². The summed E-state index contributed by atoms with van der Waals surface area (Å²) in [6.07, 6.45) is 0.175. The number of nitrogens with zero attached hydrogens (tertiary/aromatic N) is 2. The number of carbonyl (C=O) groups excluding carboxylic acids is 1. The zero-order chi connectivity index (χ0) is 15.0. The Morgan fingerprint density at radius 3 is 2.52 bits per heavy atom. The summed E-state index contributed by atoms with van der Waals surface area (Å²) in [5.74, 6) is -0.262. The number of hydrogen-bond donors (Lipinski definition) is 1. The highest BCUT2D eigenvalue weighted by Crippen LogP contribution is 2.16. The molecule has 5 nitrogen and oxygen atoms in total. The average Bonchev–Trinajstić information content (AvgIpc) is 2.71. The number of aryl methyl sites for hydroxylation is 1. The molecule has 0 unspecified atom stereocenters. The number of fused-ring (bicyclic) bond motifs is 1. The molecular formula is C16H15N3O2. The van der Waals surface area contributed by atoms with E-state index in [9.17, 15) is 9.59 Å². The second-order valence-electron chi connectivity index (χ2n) is 4.98. The Kier molecular flexibility index (Phi) is 3.10. The van der Waals surface area contributed by atoms with Crippen LogP contribution in [-0.2, 0) is 13.5 Å². The lowest BCUT2D eigenvalue weighted by atomic mass is 10.1. The van der Waals surface area contributed by atoms with Crippen LogP contribution in [0.1, 0.15) is 10.4 Å². The maximum absolute atomic E-state index is 12.5. The molecule has 0 bridgehead atoms. The number of imidazole rings is 1. The number of benzene rings is 2. The van der Waals surface area contributed by atoms with E-state index in [1.807, 2.05) is 30.3 Å². The topological polar surface area (TPSA) is 70.0 Å². The highest BCUT2D eigenvalue weighted by atomic mass is 16.2. The van der Waals surface area contributed by atoms with Crippen LogP contribution < -0.4 is 11.4 Å². The minimum atomic E-state index is -0.350. The van der Waals surface area contributed by atoms with E-state index < -0.39 is 0 Å². The second-order valence-corrected chi connectivity index (χ2v) is 4.98. The van der Waals surface area contributed by atoms with Crippen LogP contribution in [0.5, 0.6) is 0 Å². The molecule has 0 fully saturated rings. The third-order valence-corrected chi connectivity index (χ3v) is 3.53. The van der Waals surface area contributed by atoms with E-state index in [0.717, 1.165) is 5.56 Å². The molecule has 0 saturated heterocycles. The van der Waals surface area contributed by atoms with Crippen LogP contribution in [0.4, 0.5) is 5.69 Å². The summed E-state index contributed by atoms with van der Waals surface area (Å²) in [6, 6.07) is 14.5. The number of rotatable bonds is 2. The van der Waals surface area contributed by atoms with Crippen LogP contribution in [0, 0.1) is 0 Å². The van der Waals surface area contributed by atoms with Gasteiger partial charge in [-0.25, -0.2) is 9.36 Å². The van der Waals surface area contributed by atoms with Gasteiger partial charge in [-0.2, -0.15) is 0 Å². The van der Waals surface area contributed by atoms with Gasteiger partial charge < -0.3 is 5.73 Å². The van der Waals surface area contributed by atoms with E-state index >= 15 is 0 Å². The number of hydrogen-bond acceptors (Lipinski definition) is 3. The molecule has 1 aromatic heterocycles. The molecule has 2 N–H and O–H groups in total. The molecule has 5 heteroatoms. The number of anilines is 1. The number of aromatic nitrogens is 2. The van der Waals surface area contributed by atoms with E-state index in [1.165, 1.54) is 9.13 Å². The Morgan fingerprint density at radius 2 is 1.81 bits per heavy atom. The summed E-state index contributed by atoms with van der Waals surface area (Å²) < 4.78 is 2.65. The first-order valence-corrected chi connectivity index (χ1v) is 6.62. The van der Waals surface area contributed by atoms with Crippen LogP contribution >= 0.6 is 0 Å². The first kappa shape index (κ1) is 13.2. The molecule has 3 rings (SSSR count). The monoisotopic (exact) mass is 281 g/mol. The van der Waals surface area contributed by atoms with Crippen LogP contribution in [0.25, 0.3) is 11.0 Å². The molecule has 2 aromatic carbocycles. The summed E-state index contributed by atoms with van der Waals surface area (Å²) in [6.45, 7) is 0. The molecule has 0 aliphatic heterocycles. The Hall–Kier alpha value is -2.82. The van der Waals surface area contributed by atoms with Crippen molar-refractivity contribution in [1.82, 2.24) is 9.13 Å². The van der Waals surface area contributed by atoms with E-state index in [0.29, 0.717) is 16.7 Å². The van der Waals surface area contributed by atoms with Gasteiger partial charge in [-0.1, -0.05) is 30.3 Å². The van der Waals surface area contributed by atoms with Crippen molar-refractivity contribution in [2.24, 2.45) is 7.05 Å². The fourth-order valence-corrected chi connectivity index (χ4v) is 2.45. The number of carbonyl (C=O) groups is 1. The van der Waals surface area contributed by atoms with Gasteiger partial charge in [-0.15, -0.1) is 0 Å². The minimum Gasteiger partial charge on any atom is -0.399 e. The lowest BCUT2D eigenvalue weighted by molar-refractivity contribution is 0.0914. The number of nitrogen functional groups attached to an aromatic ring is 1. The molecule has 0 aliphatic rings. The van der Waals surface area contributed by atoms with E-state index in [4.69, 9.17) is 5.73 Å². The second kappa shape index (κ2) is 4.94. The highest BCUT2D eigenvalue weighted by Gasteiger charge is 2.17. The molecule has 21 heavy (non-hydrogen) atoms. The van der Waals surface area contributed by atoms with Crippen molar-refractivity contribution in [2.75, 3.05) is 5.73 Å². The Bertz CT molecular complexity index is 876. The third kappa shape index (κ3) is 2.23. The summed E-state index contributed by atoms with van der Waals surface area (Å²) in [4.78, 5) is 24.8. The van der Waals surface area contributed by atoms with Crippen LogP contribution in [0.2, 0.25) is 0 Å². The zero-order valence-electron chi connectivity index (χ0n) is 11.6. The standard InChI is InChI=1S/C16H15N3O2/c1-18-13-8-7-12(17)10-14(13)19(16(18)21)15(20)9-11-5-3-2-4-6-11/h2-8,10H,9,17H2,1H3. The molecule has 106 valence electrons. The van der Waals surface area contributed by atoms with Gasteiger partial charge in [0.05, 0.1) is 17.5 Å². The lowest BCUT2D eigenvalue weighted by Crippen LogP contribution is -2.28. The van der Waals surface area contributed by atoms with Gasteiger partial charge in [0.15, 0.2) is 0 Å². The van der Waals surface area contributed by atoms with Gasteiger partial charge in [0.1, 0.15) is 0 Å². The first-order valence-electron chi connectivity index (χ1n) is 6.62. The van der Waals surface area contributed by atoms with E-state index in [2.05, 4.69) is 0 Å². The van der Waals surface area contributed by atoms with Crippen LogP contribution in [0.15, 0.2) is 53.3 Å². The molecule has 0 radical (unpaired) electrons. The summed E-state index contributed by atoms with van der Waals surface area (Å²) in [5.41, 5.74) is 8.05. The normalized spacial score (nSPS) is 10.9. The van der Waals surface area contributed by atoms with Gasteiger partial charge in [0.2, 0.25) is 5.91 Å². The van der Waals surface area contributed by atoms with Crippen molar-refractivity contribution >= 4 is 22.6 Å². The van der Waals surface area contributed by atoms with Gasteiger partial charge in [-0.3, -0.25) is 9.36 Å². The Morgan fingerprint density at radius 1 is 1.10 bits per heavy atom. The Balaban J connectivity index is 2.12. The van der Waals surface area contributed by atoms with Crippen molar-refractivity contribution in [3.63, 3.8) is 0 Å². The molecule has 0 spiro atoms. The smallest absolute Gasteiger partial charge is 0.335 e. The van der Waals surface area contributed by atoms with Crippen LogP contribution in [0.3, 0.4) is 0 Å². The van der Waals surface area contributed by atoms with Crippen molar-refractivity contribution in [2.45, 2.75) is 6.42 Å². The van der Waals surface area contributed by atoms with Crippen molar-refractivity contribution in [3.05, 3.63) is 64.6 Å². The number of nitrogens with two attached hydrogens (primary N) is 1. The quantitative estimate of drug-likeness (QED) is 0.728. The zero-order valence-corrected chi connectivity index (χ0v) is 11.6. The molecule has 0 atom stereocenters. The predicted molar refractivity (Wildman–Crippen MR) is 82.4 cm³/mol. The molecule has 1 heterocycles. The Labute approximate surface area is 121 Å². The third-order valence-electron chi connectivity index (χ3n) is 3.53. The fraction of sp³-hybridized carbons (Fsp3) is 0.125. The summed E-state index contributed by atoms with van der Waals surface area (Å²) >= 11 is 0. The molecular weight excluding hydrogens is 266 g/mol. The first-order chi connectivity index (χ1) is 10.1.